The molecule has 7 rings (SSSR count). The molecule has 1 saturated carbocycles. The highest BCUT2D eigenvalue weighted by Crippen LogP contribution is 2.40. The van der Waals surface area contributed by atoms with Crippen molar-refractivity contribution in [1.29, 1.82) is 0 Å². The molecule has 0 aliphatic heterocycles. The predicted octanol–water partition coefficient (Wildman–Crippen LogP) is 5.11. The molecule has 5 N–H and O–H groups in total. The molecular formula is C33H31FN8O3S. The first-order chi connectivity index (χ1) is 22.1. The van der Waals surface area contributed by atoms with Crippen molar-refractivity contribution in [3.63, 3.8) is 0 Å². The summed E-state index contributed by atoms with van der Waals surface area (Å²) < 4.78 is 40.2. The number of H-pyrrole nitrogens is 2. The topological polar surface area (TPSA) is 172 Å². The summed E-state index contributed by atoms with van der Waals surface area (Å²) in [5.74, 6) is -0.309. The molecule has 2 aromatic carbocycles. The number of halogens is 1. The molecule has 0 unspecified atom stereocenters. The minimum absolute atomic E-state index is 0.0387. The Bertz CT molecular complexity index is 2240. The van der Waals surface area contributed by atoms with Gasteiger partial charge in [-0.3, -0.25) is 19.9 Å². The van der Waals surface area contributed by atoms with Crippen molar-refractivity contribution in [3.8, 4) is 33.9 Å². The molecule has 46 heavy (non-hydrogen) atoms. The van der Waals surface area contributed by atoms with Crippen LogP contribution in [0.5, 0.6) is 0 Å². The van der Waals surface area contributed by atoms with E-state index < -0.39 is 21.3 Å². The van der Waals surface area contributed by atoms with E-state index in [1.807, 2.05) is 30.3 Å². The van der Waals surface area contributed by atoms with Gasteiger partial charge in [-0.25, -0.2) is 22.5 Å². The number of carbonyl (C=O) groups is 1. The number of nitrogens with zero attached hydrogens (tertiary/aromatic N) is 4. The first-order valence-corrected chi connectivity index (χ1v) is 16.8. The number of amides is 1. The van der Waals surface area contributed by atoms with Gasteiger partial charge in [0.2, 0.25) is 15.9 Å². The number of para-hydroxylation sites is 1. The predicted molar refractivity (Wildman–Crippen MR) is 173 cm³/mol. The fourth-order valence-corrected chi connectivity index (χ4v) is 6.86. The van der Waals surface area contributed by atoms with Crippen LogP contribution in [-0.2, 0) is 26.8 Å². The summed E-state index contributed by atoms with van der Waals surface area (Å²) in [6.07, 6.45) is 10.6. The Morgan fingerprint density at radius 1 is 1.02 bits per heavy atom. The number of primary amides is 1. The van der Waals surface area contributed by atoms with Crippen LogP contribution in [0.4, 0.5) is 4.39 Å². The number of imidazole rings is 1. The first-order valence-electron chi connectivity index (χ1n) is 14.9. The Morgan fingerprint density at radius 3 is 2.63 bits per heavy atom. The van der Waals surface area contributed by atoms with E-state index in [1.54, 1.807) is 24.7 Å². The van der Waals surface area contributed by atoms with E-state index >= 15 is 0 Å². The Morgan fingerprint density at radius 2 is 1.85 bits per heavy atom. The van der Waals surface area contributed by atoms with Gasteiger partial charge in [-0.1, -0.05) is 31.4 Å². The molecule has 0 spiro atoms. The van der Waals surface area contributed by atoms with Crippen LogP contribution >= 0.6 is 0 Å². The minimum Gasteiger partial charge on any atom is -0.369 e. The molecule has 13 heteroatoms. The van der Waals surface area contributed by atoms with Crippen LogP contribution in [0.15, 0.2) is 67.1 Å². The molecule has 4 aromatic heterocycles. The maximum absolute atomic E-state index is 14.7. The zero-order valence-electron chi connectivity index (χ0n) is 25.0. The highest BCUT2D eigenvalue weighted by molar-refractivity contribution is 7.88. The van der Waals surface area contributed by atoms with Crippen LogP contribution in [0, 0.1) is 5.82 Å². The van der Waals surface area contributed by atoms with Crippen LogP contribution < -0.4 is 10.5 Å². The SMILES string of the molecule is CS(=O)(=O)NCc1cc(F)cc(-c2cccc3[nH]c(-c4n[nH]c5cnc(-c6cncc(C7(C(N)=O)CCCCC7)c6)cc45)nc23)c1. The van der Waals surface area contributed by atoms with Crippen molar-refractivity contribution in [2.24, 2.45) is 5.73 Å². The number of rotatable bonds is 8. The van der Waals surface area contributed by atoms with E-state index in [2.05, 4.69) is 29.9 Å². The molecule has 1 fully saturated rings. The van der Waals surface area contributed by atoms with Crippen molar-refractivity contribution < 1.29 is 17.6 Å². The van der Waals surface area contributed by atoms with E-state index in [0.29, 0.717) is 57.8 Å². The van der Waals surface area contributed by atoms with Gasteiger partial charge in [0.05, 0.1) is 40.1 Å². The van der Waals surface area contributed by atoms with Gasteiger partial charge in [0.1, 0.15) is 11.5 Å². The zero-order valence-corrected chi connectivity index (χ0v) is 25.8. The molecule has 0 atom stereocenters. The lowest BCUT2D eigenvalue weighted by molar-refractivity contribution is -0.124. The second-order valence-electron chi connectivity index (χ2n) is 11.9. The Balaban J connectivity index is 1.27. The van der Waals surface area contributed by atoms with Gasteiger partial charge in [-0.2, -0.15) is 5.10 Å². The molecule has 1 aliphatic carbocycles. The highest BCUT2D eigenvalue weighted by atomic mass is 32.2. The third kappa shape index (κ3) is 5.52. The van der Waals surface area contributed by atoms with E-state index in [4.69, 9.17) is 10.7 Å². The lowest BCUT2D eigenvalue weighted by atomic mass is 9.69. The summed E-state index contributed by atoms with van der Waals surface area (Å²) in [5, 5.41) is 8.34. The second kappa shape index (κ2) is 11.4. The average Bonchev–Trinajstić information content (AvgIpc) is 3.67. The maximum Gasteiger partial charge on any atom is 0.228 e. The van der Waals surface area contributed by atoms with Gasteiger partial charge < -0.3 is 10.7 Å². The van der Waals surface area contributed by atoms with E-state index in [1.165, 1.54) is 12.1 Å². The molecule has 1 amide bonds. The van der Waals surface area contributed by atoms with Gasteiger partial charge >= 0.3 is 0 Å². The maximum atomic E-state index is 14.7. The normalized spacial score (nSPS) is 15.0. The van der Waals surface area contributed by atoms with Crippen LogP contribution in [0.3, 0.4) is 0 Å². The quantitative estimate of drug-likeness (QED) is 0.179. The van der Waals surface area contributed by atoms with Gasteiger partial charge in [0.25, 0.3) is 0 Å². The molecule has 4 heterocycles. The van der Waals surface area contributed by atoms with Crippen molar-refractivity contribution in [1.82, 2.24) is 34.9 Å². The van der Waals surface area contributed by atoms with Crippen molar-refractivity contribution in [2.45, 2.75) is 44.1 Å². The zero-order chi connectivity index (χ0) is 32.1. The number of pyridine rings is 2. The number of nitrogens with two attached hydrogens (primary N) is 1. The molecule has 0 radical (unpaired) electrons. The fourth-order valence-electron chi connectivity index (χ4n) is 6.43. The van der Waals surface area contributed by atoms with Crippen molar-refractivity contribution in [2.75, 3.05) is 6.26 Å². The van der Waals surface area contributed by atoms with Crippen LogP contribution in [0.2, 0.25) is 0 Å². The standard InChI is InChI=1S/C33H31FN8O3S/c1-46(44,45)38-15-19-10-20(13-23(34)11-19)24-6-5-7-26-29(24)40-31(39-26)30-25-14-27(37-18-28(25)41-42-30)21-12-22(17-36-16-21)33(32(35)43)8-3-2-4-9-33/h5-7,10-14,16-18,38H,2-4,8-9,15H2,1H3,(H2,35,43)(H,39,40)(H,41,42). The molecule has 11 nitrogen and oxygen atoms in total. The highest BCUT2D eigenvalue weighted by Gasteiger charge is 2.40. The Hall–Kier alpha value is -5.01. The van der Waals surface area contributed by atoms with Crippen LogP contribution in [0.25, 0.3) is 55.8 Å². The number of aromatic nitrogens is 6. The number of nitrogens with one attached hydrogen (secondary N) is 3. The Kier molecular flexibility index (Phi) is 7.36. The van der Waals surface area contributed by atoms with E-state index in [-0.39, 0.29) is 12.5 Å². The summed E-state index contributed by atoms with van der Waals surface area (Å²) in [4.78, 5) is 30.0. The van der Waals surface area contributed by atoms with E-state index in [9.17, 15) is 17.6 Å². The van der Waals surface area contributed by atoms with Crippen LogP contribution in [0.1, 0.15) is 43.2 Å². The first kappa shape index (κ1) is 29.7. The number of hydrogen-bond acceptors (Lipinski definition) is 7. The molecular weight excluding hydrogens is 607 g/mol. The summed E-state index contributed by atoms with van der Waals surface area (Å²) in [6.45, 7) is -0.0387. The van der Waals surface area contributed by atoms with Gasteiger partial charge in [-0.05, 0) is 65.9 Å². The monoisotopic (exact) mass is 638 g/mol. The average molecular weight is 639 g/mol. The molecule has 0 bridgehead atoms. The lowest BCUT2D eigenvalue weighted by Crippen LogP contribution is -2.42. The summed E-state index contributed by atoms with van der Waals surface area (Å²) in [6, 6.07) is 13.9. The molecule has 1 aliphatic rings. The van der Waals surface area contributed by atoms with Crippen molar-refractivity contribution in [3.05, 3.63) is 84.1 Å². The largest absolute Gasteiger partial charge is 0.369 e. The summed E-state index contributed by atoms with van der Waals surface area (Å²) >= 11 is 0. The molecule has 234 valence electrons. The number of fused-ring (bicyclic) bond motifs is 2. The molecule has 6 aromatic rings. The number of hydrogen-bond donors (Lipinski definition) is 4. The lowest BCUT2D eigenvalue weighted by Gasteiger charge is -2.34. The number of aromatic amines is 2. The smallest absolute Gasteiger partial charge is 0.228 e. The van der Waals surface area contributed by atoms with Gasteiger partial charge in [0, 0.05) is 35.5 Å². The Labute approximate surface area is 263 Å². The van der Waals surface area contributed by atoms with E-state index in [0.717, 1.165) is 47.5 Å². The fraction of sp³-hybridized carbons (Fsp3) is 0.242. The van der Waals surface area contributed by atoms with Crippen molar-refractivity contribution >= 4 is 37.9 Å². The number of sulfonamides is 1. The summed E-state index contributed by atoms with van der Waals surface area (Å²) in [5.41, 5.74) is 11.8. The minimum atomic E-state index is -3.45. The number of carbonyl (C=O) groups excluding carboxylic acids is 1. The third-order valence-corrected chi connectivity index (χ3v) is 9.43. The molecule has 0 saturated heterocycles. The third-order valence-electron chi connectivity index (χ3n) is 8.76. The second-order valence-corrected chi connectivity index (χ2v) is 13.7. The van der Waals surface area contributed by atoms with Crippen LogP contribution in [-0.4, -0.2) is 50.7 Å². The number of benzene rings is 2. The van der Waals surface area contributed by atoms with Gasteiger partial charge in [-0.15, -0.1) is 0 Å². The van der Waals surface area contributed by atoms with Gasteiger partial charge in [0.15, 0.2) is 5.82 Å². The summed E-state index contributed by atoms with van der Waals surface area (Å²) in [7, 11) is -3.45.